The summed E-state index contributed by atoms with van der Waals surface area (Å²) < 4.78 is 11.6. The van der Waals surface area contributed by atoms with Crippen LogP contribution in [-0.4, -0.2) is 28.1 Å². The van der Waals surface area contributed by atoms with E-state index in [0.29, 0.717) is 6.61 Å². The van der Waals surface area contributed by atoms with Crippen molar-refractivity contribution in [3.63, 3.8) is 0 Å². The van der Waals surface area contributed by atoms with E-state index >= 15 is 0 Å². The van der Waals surface area contributed by atoms with Gasteiger partial charge in [-0.05, 0) is 53.1 Å². The number of ether oxygens (including phenoxy) is 1. The van der Waals surface area contributed by atoms with Gasteiger partial charge in [0, 0.05) is 43.2 Å². The number of hydrogen-bond acceptors (Lipinski definition) is 5. The Hall–Kier alpha value is -3.41. The standard InChI is InChI=1S/C26H24N2O3/c29-26(19-9-11-27-12-10-19)20-7-8-24-22(16-20)18-28(13-15-31-24)17-21-4-1-2-5-23(21)25-6-3-14-30-25/h1-12,14,16,26,29H,13,15,17-18H2. The SMILES string of the molecule is OC(c1ccncc1)c1ccc2c(c1)CN(Cc1ccccc1-c1ccco1)CCO2. The summed E-state index contributed by atoms with van der Waals surface area (Å²) in [6, 6.07) is 21.9. The summed E-state index contributed by atoms with van der Waals surface area (Å²) in [5.41, 5.74) is 5.09. The van der Waals surface area contributed by atoms with Gasteiger partial charge in [-0.25, -0.2) is 0 Å². The first-order valence-electron chi connectivity index (χ1n) is 10.5. The van der Waals surface area contributed by atoms with Crippen molar-refractivity contribution in [2.75, 3.05) is 13.2 Å². The molecule has 0 spiro atoms. The Bertz CT molecular complexity index is 1140. The van der Waals surface area contributed by atoms with Crippen molar-refractivity contribution in [2.45, 2.75) is 19.2 Å². The molecule has 1 atom stereocenters. The molecule has 156 valence electrons. The lowest BCUT2D eigenvalue weighted by Gasteiger charge is -2.21. The van der Waals surface area contributed by atoms with Gasteiger partial charge in [-0.2, -0.15) is 0 Å². The summed E-state index contributed by atoms with van der Waals surface area (Å²) in [5, 5.41) is 10.8. The van der Waals surface area contributed by atoms with Gasteiger partial charge >= 0.3 is 0 Å². The molecule has 1 N–H and O–H groups in total. The smallest absolute Gasteiger partial charge is 0.134 e. The maximum absolute atomic E-state index is 10.8. The third-order valence-corrected chi connectivity index (χ3v) is 5.68. The van der Waals surface area contributed by atoms with E-state index in [1.165, 1.54) is 5.56 Å². The van der Waals surface area contributed by atoms with Crippen LogP contribution in [0, 0.1) is 0 Å². The molecule has 3 heterocycles. The Morgan fingerprint density at radius 1 is 0.968 bits per heavy atom. The van der Waals surface area contributed by atoms with Crippen LogP contribution < -0.4 is 4.74 Å². The molecule has 1 aliphatic heterocycles. The normalized spacial score (nSPS) is 15.0. The van der Waals surface area contributed by atoms with Crippen LogP contribution in [0.15, 0.2) is 89.8 Å². The Balaban J connectivity index is 1.39. The van der Waals surface area contributed by atoms with Crippen LogP contribution in [0.3, 0.4) is 0 Å². The van der Waals surface area contributed by atoms with Crippen LogP contribution in [0.5, 0.6) is 5.75 Å². The lowest BCUT2D eigenvalue weighted by molar-refractivity contribution is 0.218. The van der Waals surface area contributed by atoms with E-state index in [-0.39, 0.29) is 0 Å². The molecule has 0 radical (unpaired) electrons. The highest BCUT2D eigenvalue weighted by Gasteiger charge is 2.20. The fourth-order valence-corrected chi connectivity index (χ4v) is 4.08. The summed E-state index contributed by atoms with van der Waals surface area (Å²) in [5.74, 6) is 1.76. The number of rotatable bonds is 5. The number of furan rings is 1. The topological polar surface area (TPSA) is 58.7 Å². The first-order valence-corrected chi connectivity index (χ1v) is 10.5. The van der Waals surface area contributed by atoms with Gasteiger partial charge in [0.2, 0.25) is 0 Å². The second kappa shape index (κ2) is 8.76. The Morgan fingerprint density at radius 2 is 1.84 bits per heavy atom. The van der Waals surface area contributed by atoms with Gasteiger partial charge in [-0.15, -0.1) is 0 Å². The van der Waals surface area contributed by atoms with Crippen LogP contribution >= 0.6 is 0 Å². The number of fused-ring (bicyclic) bond motifs is 1. The number of nitrogens with zero attached hydrogens (tertiary/aromatic N) is 2. The molecular weight excluding hydrogens is 388 g/mol. The molecule has 0 fully saturated rings. The summed E-state index contributed by atoms with van der Waals surface area (Å²) in [4.78, 5) is 6.41. The molecule has 0 bridgehead atoms. The molecule has 0 amide bonds. The molecule has 5 nitrogen and oxygen atoms in total. The van der Waals surface area contributed by atoms with Crippen molar-refractivity contribution in [3.05, 3.63) is 108 Å². The number of benzene rings is 2. The molecule has 0 aliphatic carbocycles. The molecule has 5 heteroatoms. The average Bonchev–Trinajstić information content (AvgIpc) is 3.27. The summed E-state index contributed by atoms with van der Waals surface area (Å²) in [6.07, 6.45) is 4.41. The van der Waals surface area contributed by atoms with Crippen LogP contribution in [0.4, 0.5) is 0 Å². The highest BCUT2D eigenvalue weighted by Crippen LogP contribution is 2.31. The zero-order chi connectivity index (χ0) is 21.0. The maximum Gasteiger partial charge on any atom is 0.134 e. The molecule has 1 aliphatic rings. The van der Waals surface area contributed by atoms with Crippen molar-refractivity contribution >= 4 is 0 Å². The lowest BCUT2D eigenvalue weighted by atomic mass is 9.99. The van der Waals surface area contributed by atoms with Crippen LogP contribution in [0.1, 0.15) is 28.4 Å². The van der Waals surface area contributed by atoms with Gasteiger partial charge in [-0.3, -0.25) is 9.88 Å². The van der Waals surface area contributed by atoms with Gasteiger partial charge in [0.1, 0.15) is 24.2 Å². The number of aliphatic hydroxyl groups excluding tert-OH is 1. The molecule has 2 aromatic heterocycles. The number of aliphatic hydroxyl groups is 1. The zero-order valence-corrected chi connectivity index (χ0v) is 17.1. The summed E-state index contributed by atoms with van der Waals surface area (Å²) >= 11 is 0. The van der Waals surface area contributed by atoms with Gasteiger partial charge in [0.15, 0.2) is 0 Å². The summed E-state index contributed by atoms with van der Waals surface area (Å²) in [7, 11) is 0. The minimum absolute atomic E-state index is 0.627. The largest absolute Gasteiger partial charge is 0.492 e. The minimum Gasteiger partial charge on any atom is -0.492 e. The van der Waals surface area contributed by atoms with Crippen molar-refractivity contribution in [2.24, 2.45) is 0 Å². The lowest BCUT2D eigenvalue weighted by Crippen LogP contribution is -2.25. The van der Waals surface area contributed by atoms with Gasteiger partial charge in [0.25, 0.3) is 0 Å². The maximum atomic E-state index is 10.8. The van der Waals surface area contributed by atoms with Crippen molar-refractivity contribution in [1.29, 1.82) is 0 Å². The second-order valence-electron chi connectivity index (χ2n) is 7.74. The molecule has 1 unspecified atom stereocenters. The first kappa shape index (κ1) is 19.5. The minimum atomic E-state index is -0.690. The number of hydrogen-bond donors (Lipinski definition) is 1. The molecule has 4 aromatic rings. The Labute approximate surface area is 181 Å². The highest BCUT2D eigenvalue weighted by molar-refractivity contribution is 5.62. The first-order chi connectivity index (χ1) is 15.3. The molecular formula is C26H24N2O3. The number of aromatic nitrogens is 1. The number of pyridine rings is 1. The van der Waals surface area contributed by atoms with E-state index in [0.717, 1.165) is 53.4 Å². The van der Waals surface area contributed by atoms with Crippen LogP contribution in [0.25, 0.3) is 11.3 Å². The van der Waals surface area contributed by atoms with Gasteiger partial charge < -0.3 is 14.3 Å². The zero-order valence-electron chi connectivity index (χ0n) is 17.1. The fourth-order valence-electron chi connectivity index (χ4n) is 4.08. The van der Waals surface area contributed by atoms with E-state index in [4.69, 9.17) is 9.15 Å². The average molecular weight is 412 g/mol. The van der Waals surface area contributed by atoms with Gasteiger partial charge in [0.05, 0.1) is 6.26 Å². The van der Waals surface area contributed by atoms with E-state index in [1.54, 1.807) is 18.7 Å². The Morgan fingerprint density at radius 3 is 2.68 bits per heavy atom. The highest BCUT2D eigenvalue weighted by atomic mass is 16.5. The van der Waals surface area contributed by atoms with Crippen LogP contribution in [-0.2, 0) is 13.1 Å². The molecule has 0 saturated heterocycles. The van der Waals surface area contributed by atoms with E-state index in [1.807, 2.05) is 42.5 Å². The van der Waals surface area contributed by atoms with Crippen LogP contribution in [0.2, 0.25) is 0 Å². The summed E-state index contributed by atoms with van der Waals surface area (Å²) in [6.45, 7) is 2.99. The monoisotopic (exact) mass is 412 g/mol. The van der Waals surface area contributed by atoms with Gasteiger partial charge in [-0.1, -0.05) is 30.3 Å². The Kier molecular flexibility index (Phi) is 5.52. The third-order valence-electron chi connectivity index (χ3n) is 5.68. The molecule has 31 heavy (non-hydrogen) atoms. The second-order valence-corrected chi connectivity index (χ2v) is 7.74. The molecule has 5 rings (SSSR count). The molecule has 2 aromatic carbocycles. The van der Waals surface area contributed by atoms with Crippen molar-refractivity contribution in [3.8, 4) is 17.1 Å². The molecule has 0 saturated carbocycles. The quantitative estimate of drug-likeness (QED) is 0.509. The van der Waals surface area contributed by atoms with E-state index in [2.05, 4.69) is 34.1 Å². The van der Waals surface area contributed by atoms with E-state index < -0.39 is 6.10 Å². The third kappa shape index (κ3) is 4.24. The predicted octanol–water partition coefficient (Wildman–Crippen LogP) is 4.82. The van der Waals surface area contributed by atoms with E-state index in [9.17, 15) is 5.11 Å². The van der Waals surface area contributed by atoms with Crippen molar-refractivity contribution < 1.29 is 14.3 Å². The van der Waals surface area contributed by atoms with Crippen molar-refractivity contribution in [1.82, 2.24) is 9.88 Å². The fraction of sp³-hybridized carbons (Fsp3) is 0.192. The predicted molar refractivity (Wildman–Crippen MR) is 118 cm³/mol.